The molecule has 1 aromatic carbocycles. The van der Waals surface area contributed by atoms with E-state index in [2.05, 4.69) is 6.92 Å². The van der Waals surface area contributed by atoms with Gasteiger partial charge in [0.25, 0.3) is 0 Å². The van der Waals surface area contributed by atoms with E-state index in [0.717, 1.165) is 24.8 Å². The Morgan fingerprint density at radius 1 is 1.10 bits per heavy atom. The minimum atomic E-state index is -0.314. The zero-order valence-corrected chi connectivity index (χ0v) is 12.4. The molecular weight excluding hydrogens is 264 g/mol. The smallest absolute Gasteiger partial charge is 0.429 e. The summed E-state index contributed by atoms with van der Waals surface area (Å²) in [6.45, 7) is 3.11. The van der Waals surface area contributed by atoms with Gasteiger partial charge in [-0.05, 0) is 24.1 Å². The van der Waals surface area contributed by atoms with Gasteiger partial charge in [0.15, 0.2) is 0 Å². The summed E-state index contributed by atoms with van der Waals surface area (Å²) in [7, 11) is 0. The molecule has 0 aliphatic carbocycles. The van der Waals surface area contributed by atoms with Crippen molar-refractivity contribution in [1.82, 2.24) is 4.68 Å². The second-order valence-electron chi connectivity index (χ2n) is 4.93. The molecule has 0 aliphatic heterocycles. The number of amides is 1. The highest BCUT2D eigenvalue weighted by atomic mass is 16.6. The zero-order valence-electron chi connectivity index (χ0n) is 12.4. The van der Waals surface area contributed by atoms with E-state index in [-0.39, 0.29) is 6.09 Å². The fraction of sp³-hybridized carbons (Fsp3) is 0.353. The highest BCUT2D eigenvalue weighted by Crippen LogP contribution is 2.06. The van der Waals surface area contributed by atoms with Crippen LogP contribution in [0.5, 0.6) is 0 Å². The summed E-state index contributed by atoms with van der Waals surface area (Å²) in [5.74, 6) is 0. The number of hydrogen-bond acceptors (Lipinski definition) is 2. The standard InChI is InChI=1S/C17H22N2O2/c1-2-3-7-14-19(18-12-8-9-13-18)17(20)21-15-16-10-5-4-6-11-16/h4-6,8-13H,2-3,7,14-15H2,1H3. The second kappa shape index (κ2) is 8.15. The summed E-state index contributed by atoms with van der Waals surface area (Å²) in [4.78, 5) is 12.3. The molecule has 0 N–H and O–H groups in total. The highest BCUT2D eigenvalue weighted by molar-refractivity contribution is 5.78. The van der Waals surface area contributed by atoms with Crippen molar-refractivity contribution >= 4 is 6.09 Å². The number of carbonyl (C=O) groups is 1. The van der Waals surface area contributed by atoms with Crippen LogP contribution >= 0.6 is 0 Å². The number of unbranched alkanes of at least 4 members (excludes halogenated alkanes) is 2. The molecule has 2 rings (SSSR count). The van der Waals surface area contributed by atoms with E-state index in [1.165, 1.54) is 0 Å². The number of nitrogens with zero attached hydrogens (tertiary/aromatic N) is 2. The highest BCUT2D eigenvalue weighted by Gasteiger charge is 2.15. The molecule has 0 bridgehead atoms. The molecule has 0 unspecified atom stereocenters. The molecule has 0 fully saturated rings. The lowest BCUT2D eigenvalue weighted by Crippen LogP contribution is -2.40. The minimum Gasteiger partial charge on any atom is -0.443 e. The maximum absolute atomic E-state index is 12.3. The van der Waals surface area contributed by atoms with Crippen molar-refractivity contribution in [3.8, 4) is 0 Å². The van der Waals surface area contributed by atoms with E-state index < -0.39 is 0 Å². The topological polar surface area (TPSA) is 34.5 Å². The molecule has 0 aliphatic rings. The average Bonchev–Trinajstić information content (AvgIpc) is 3.04. The zero-order chi connectivity index (χ0) is 14.9. The van der Waals surface area contributed by atoms with Gasteiger partial charge in [0.05, 0.1) is 0 Å². The third kappa shape index (κ3) is 4.67. The first-order valence-electron chi connectivity index (χ1n) is 7.42. The van der Waals surface area contributed by atoms with Gasteiger partial charge in [0, 0.05) is 18.9 Å². The Hall–Kier alpha value is -2.23. The molecule has 1 amide bonds. The Labute approximate surface area is 125 Å². The Morgan fingerprint density at radius 3 is 2.48 bits per heavy atom. The Morgan fingerprint density at radius 2 is 1.81 bits per heavy atom. The lowest BCUT2D eigenvalue weighted by atomic mass is 10.2. The Balaban J connectivity index is 1.94. The van der Waals surface area contributed by atoms with Gasteiger partial charge in [-0.1, -0.05) is 50.1 Å². The van der Waals surface area contributed by atoms with Crippen LogP contribution in [0.2, 0.25) is 0 Å². The molecule has 21 heavy (non-hydrogen) atoms. The lowest BCUT2D eigenvalue weighted by molar-refractivity contribution is 0.140. The molecule has 0 radical (unpaired) electrons. The van der Waals surface area contributed by atoms with Crippen LogP contribution in [0.4, 0.5) is 4.79 Å². The van der Waals surface area contributed by atoms with Gasteiger partial charge in [0.2, 0.25) is 0 Å². The fourth-order valence-electron chi connectivity index (χ4n) is 2.09. The molecule has 4 nitrogen and oxygen atoms in total. The Bertz CT molecular complexity index is 523. The molecule has 112 valence electrons. The van der Waals surface area contributed by atoms with Gasteiger partial charge in [-0.15, -0.1) is 0 Å². The molecule has 0 spiro atoms. The van der Waals surface area contributed by atoms with Crippen LogP contribution < -0.4 is 5.01 Å². The van der Waals surface area contributed by atoms with Gasteiger partial charge in [-0.25, -0.2) is 9.80 Å². The number of carbonyl (C=O) groups excluding carboxylic acids is 1. The molecular formula is C17H22N2O2. The van der Waals surface area contributed by atoms with E-state index >= 15 is 0 Å². The first-order chi connectivity index (χ1) is 10.3. The monoisotopic (exact) mass is 286 g/mol. The number of rotatable bonds is 7. The SMILES string of the molecule is CCCCCN(C(=O)OCc1ccccc1)n1cccc1. The number of ether oxygens (including phenoxy) is 1. The third-order valence-electron chi connectivity index (χ3n) is 3.26. The van der Waals surface area contributed by atoms with Crippen LogP contribution in [0.25, 0.3) is 0 Å². The maximum Gasteiger partial charge on any atom is 0.429 e. The fourth-order valence-corrected chi connectivity index (χ4v) is 2.09. The molecule has 0 atom stereocenters. The minimum absolute atomic E-state index is 0.297. The van der Waals surface area contributed by atoms with Crippen molar-refractivity contribution < 1.29 is 9.53 Å². The van der Waals surface area contributed by atoms with Crippen molar-refractivity contribution in [2.24, 2.45) is 0 Å². The first kappa shape index (κ1) is 15.2. The van der Waals surface area contributed by atoms with Crippen molar-refractivity contribution in [3.63, 3.8) is 0 Å². The van der Waals surface area contributed by atoms with E-state index in [1.54, 1.807) is 9.69 Å². The van der Waals surface area contributed by atoms with E-state index in [4.69, 9.17) is 4.74 Å². The summed E-state index contributed by atoms with van der Waals surface area (Å²) in [5, 5.41) is 1.64. The molecule has 0 saturated heterocycles. The number of hydrogen-bond donors (Lipinski definition) is 0. The van der Waals surface area contributed by atoms with Gasteiger partial charge < -0.3 is 4.74 Å². The van der Waals surface area contributed by atoms with E-state index in [9.17, 15) is 4.79 Å². The van der Waals surface area contributed by atoms with Gasteiger partial charge in [-0.3, -0.25) is 4.68 Å². The Kier molecular flexibility index (Phi) is 5.88. The average molecular weight is 286 g/mol. The predicted molar refractivity (Wildman–Crippen MR) is 83.7 cm³/mol. The van der Waals surface area contributed by atoms with Gasteiger partial charge >= 0.3 is 6.09 Å². The molecule has 2 aromatic rings. The van der Waals surface area contributed by atoms with E-state index in [0.29, 0.717) is 13.2 Å². The van der Waals surface area contributed by atoms with Crippen LogP contribution in [-0.2, 0) is 11.3 Å². The van der Waals surface area contributed by atoms with Crippen LogP contribution in [0, 0.1) is 0 Å². The lowest BCUT2D eigenvalue weighted by Gasteiger charge is -2.23. The van der Waals surface area contributed by atoms with Crippen LogP contribution in [0.15, 0.2) is 54.9 Å². The maximum atomic E-state index is 12.3. The summed E-state index contributed by atoms with van der Waals surface area (Å²) in [6, 6.07) is 13.5. The molecule has 1 aromatic heterocycles. The quantitative estimate of drug-likeness (QED) is 0.722. The second-order valence-corrected chi connectivity index (χ2v) is 4.93. The third-order valence-corrected chi connectivity index (χ3v) is 3.26. The summed E-state index contributed by atoms with van der Waals surface area (Å²) < 4.78 is 7.19. The molecule has 1 heterocycles. The first-order valence-corrected chi connectivity index (χ1v) is 7.42. The summed E-state index contributed by atoms with van der Waals surface area (Å²) in [6.07, 6.45) is 6.59. The van der Waals surface area contributed by atoms with Crippen molar-refractivity contribution in [1.29, 1.82) is 0 Å². The van der Waals surface area contributed by atoms with Gasteiger partial charge in [0.1, 0.15) is 6.61 Å². The van der Waals surface area contributed by atoms with Crippen LogP contribution in [0.1, 0.15) is 31.7 Å². The van der Waals surface area contributed by atoms with Gasteiger partial charge in [-0.2, -0.15) is 0 Å². The largest absolute Gasteiger partial charge is 0.443 e. The van der Waals surface area contributed by atoms with E-state index in [1.807, 2.05) is 54.9 Å². The van der Waals surface area contributed by atoms with Crippen LogP contribution in [0.3, 0.4) is 0 Å². The summed E-state index contributed by atoms with van der Waals surface area (Å²) in [5.41, 5.74) is 0.992. The predicted octanol–water partition coefficient (Wildman–Crippen LogP) is 3.95. The van der Waals surface area contributed by atoms with Crippen LogP contribution in [-0.4, -0.2) is 17.3 Å². The van der Waals surface area contributed by atoms with Crippen molar-refractivity contribution in [3.05, 3.63) is 60.4 Å². The molecule has 4 heteroatoms. The van der Waals surface area contributed by atoms with Crippen molar-refractivity contribution in [2.45, 2.75) is 32.8 Å². The molecule has 0 saturated carbocycles. The van der Waals surface area contributed by atoms with Crippen molar-refractivity contribution in [2.75, 3.05) is 11.6 Å². The number of benzene rings is 1. The normalized spacial score (nSPS) is 10.3. The number of aromatic nitrogens is 1. The summed E-state index contributed by atoms with van der Waals surface area (Å²) >= 11 is 0.